The summed E-state index contributed by atoms with van der Waals surface area (Å²) < 4.78 is 7.65. The SMILES string of the molecule is Cn1c(-c2ccncc2)nnc1N(CC1=NCOC(c2cccc(Cl)c2)=N1)C1CC1. The van der Waals surface area contributed by atoms with Crippen molar-refractivity contribution in [2.24, 2.45) is 17.0 Å². The van der Waals surface area contributed by atoms with E-state index in [0.29, 0.717) is 29.3 Å². The van der Waals surface area contributed by atoms with Crippen LogP contribution in [0, 0.1) is 0 Å². The third-order valence-corrected chi connectivity index (χ3v) is 5.33. The lowest BCUT2D eigenvalue weighted by atomic mass is 10.2. The second-order valence-electron chi connectivity index (χ2n) is 7.25. The predicted octanol–water partition coefficient (Wildman–Crippen LogP) is 3.33. The number of anilines is 1. The molecule has 9 heteroatoms. The molecule has 2 aromatic heterocycles. The summed E-state index contributed by atoms with van der Waals surface area (Å²) in [6, 6.07) is 11.7. The van der Waals surface area contributed by atoms with E-state index < -0.39 is 0 Å². The minimum absolute atomic E-state index is 0.236. The first-order valence-electron chi connectivity index (χ1n) is 9.76. The fourth-order valence-electron chi connectivity index (χ4n) is 3.43. The van der Waals surface area contributed by atoms with Gasteiger partial charge in [-0.15, -0.1) is 10.2 Å². The van der Waals surface area contributed by atoms with E-state index in [0.717, 1.165) is 35.7 Å². The average Bonchev–Trinajstić information content (AvgIpc) is 3.55. The molecule has 0 spiro atoms. The van der Waals surface area contributed by atoms with Crippen molar-refractivity contribution in [3.05, 3.63) is 59.4 Å². The molecule has 0 amide bonds. The van der Waals surface area contributed by atoms with Crippen LogP contribution < -0.4 is 4.90 Å². The summed E-state index contributed by atoms with van der Waals surface area (Å²) in [6.07, 6.45) is 5.74. The first kappa shape index (κ1) is 18.7. The Morgan fingerprint density at radius 3 is 2.73 bits per heavy atom. The Balaban J connectivity index is 1.42. The van der Waals surface area contributed by atoms with Crippen molar-refractivity contribution in [1.82, 2.24) is 19.7 Å². The van der Waals surface area contributed by atoms with E-state index >= 15 is 0 Å². The number of ether oxygens (including phenoxy) is 1. The molecule has 1 saturated carbocycles. The van der Waals surface area contributed by atoms with Gasteiger partial charge in [-0.1, -0.05) is 17.7 Å². The Kier molecular flexibility index (Phi) is 4.92. The number of amidine groups is 1. The molecule has 3 aromatic rings. The fraction of sp³-hybridized carbons (Fsp3) is 0.286. The molecule has 0 saturated heterocycles. The van der Waals surface area contributed by atoms with Gasteiger partial charge in [-0.25, -0.2) is 4.99 Å². The number of hydrogen-bond acceptors (Lipinski definition) is 7. The lowest BCUT2D eigenvalue weighted by molar-refractivity contribution is 0.314. The highest BCUT2D eigenvalue weighted by atomic mass is 35.5. The van der Waals surface area contributed by atoms with E-state index in [1.165, 1.54) is 0 Å². The van der Waals surface area contributed by atoms with Crippen LogP contribution in [0.1, 0.15) is 18.4 Å². The molecule has 1 aliphatic carbocycles. The van der Waals surface area contributed by atoms with Crippen LogP contribution in [0.5, 0.6) is 0 Å². The maximum Gasteiger partial charge on any atom is 0.227 e. The van der Waals surface area contributed by atoms with Crippen molar-refractivity contribution < 1.29 is 4.74 Å². The lowest BCUT2D eigenvalue weighted by Gasteiger charge is -2.24. The van der Waals surface area contributed by atoms with E-state index in [2.05, 4.69) is 30.1 Å². The van der Waals surface area contributed by atoms with E-state index in [-0.39, 0.29) is 6.73 Å². The van der Waals surface area contributed by atoms with Crippen molar-refractivity contribution in [3.8, 4) is 11.4 Å². The molecule has 2 aliphatic rings. The van der Waals surface area contributed by atoms with E-state index in [4.69, 9.17) is 16.3 Å². The van der Waals surface area contributed by atoms with Crippen molar-refractivity contribution in [2.45, 2.75) is 18.9 Å². The van der Waals surface area contributed by atoms with Gasteiger partial charge in [0.25, 0.3) is 0 Å². The Morgan fingerprint density at radius 2 is 1.97 bits per heavy atom. The second-order valence-corrected chi connectivity index (χ2v) is 7.69. The van der Waals surface area contributed by atoms with Gasteiger partial charge in [-0.05, 0) is 43.2 Å². The van der Waals surface area contributed by atoms with Crippen molar-refractivity contribution >= 4 is 29.3 Å². The van der Waals surface area contributed by atoms with Gasteiger partial charge in [0.1, 0.15) is 0 Å². The number of hydrogen-bond donors (Lipinski definition) is 0. The number of aliphatic imine (C=N–C) groups is 2. The summed E-state index contributed by atoms with van der Waals surface area (Å²) in [5.41, 5.74) is 1.82. The molecule has 30 heavy (non-hydrogen) atoms. The number of pyridine rings is 1. The van der Waals surface area contributed by atoms with Crippen LogP contribution in [0.4, 0.5) is 5.95 Å². The minimum Gasteiger partial charge on any atom is -0.454 e. The topological polar surface area (TPSA) is 80.8 Å². The summed E-state index contributed by atoms with van der Waals surface area (Å²) >= 11 is 6.11. The highest BCUT2D eigenvalue weighted by Crippen LogP contribution is 2.32. The highest BCUT2D eigenvalue weighted by Gasteiger charge is 2.33. The summed E-state index contributed by atoms with van der Waals surface area (Å²) in [4.78, 5) is 15.4. The van der Waals surface area contributed by atoms with Gasteiger partial charge in [-0.2, -0.15) is 4.99 Å². The first-order valence-corrected chi connectivity index (χ1v) is 10.1. The molecule has 0 radical (unpaired) electrons. The molecule has 0 N–H and O–H groups in total. The molecule has 5 rings (SSSR count). The maximum absolute atomic E-state index is 6.11. The Labute approximate surface area is 178 Å². The van der Waals surface area contributed by atoms with Gasteiger partial charge in [-0.3, -0.25) is 9.55 Å². The van der Waals surface area contributed by atoms with Crippen LogP contribution in [0.2, 0.25) is 5.02 Å². The molecule has 8 nitrogen and oxygen atoms in total. The van der Waals surface area contributed by atoms with Crippen LogP contribution in [0.3, 0.4) is 0 Å². The zero-order valence-corrected chi connectivity index (χ0v) is 17.2. The van der Waals surface area contributed by atoms with Crippen molar-refractivity contribution in [1.29, 1.82) is 0 Å². The third-order valence-electron chi connectivity index (χ3n) is 5.10. The number of benzene rings is 1. The zero-order valence-electron chi connectivity index (χ0n) is 16.4. The quantitative estimate of drug-likeness (QED) is 0.609. The summed E-state index contributed by atoms with van der Waals surface area (Å²) in [6.45, 7) is 0.778. The van der Waals surface area contributed by atoms with Crippen LogP contribution in [0.25, 0.3) is 11.4 Å². The molecule has 3 heterocycles. The van der Waals surface area contributed by atoms with Gasteiger partial charge in [0.05, 0.1) is 6.54 Å². The van der Waals surface area contributed by atoms with E-state index in [1.807, 2.05) is 48.0 Å². The van der Waals surface area contributed by atoms with Crippen molar-refractivity contribution in [3.63, 3.8) is 0 Å². The van der Waals surface area contributed by atoms with Crippen LogP contribution in [-0.2, 0) is 11.8 Å². The average molecular weight is 422 g/mol. The molecular formula is C21H20ClN7O. The molecule has 0 bridgehead atoms. The second kappa shape index (κ2) is 7.87. The van der Waals surface area contributed by atoms with Gasteiger partial charge in [0.15, 0.2) is 18.4 Å². The molecule has 1 aliphatic heterocycles. The van der Waals surface area contributed by atoms with E-state index in [1.54, 1.807) is 12.4 Å². The van der Waals surface area contributed by atoms with Crippen LogP contribution in [0.15, 0.2) is 58.8 Å². The zero-order chi connectivity index (χ0) is 20.5. The first-order chi connectivity index (χ1) is 14.7. The van der Waals surface area contributed by atoms with Gasteiger partial charge < -0.3 is 9.64 Å². The third kappa shape index (κ3) is 3.78. The molecule has 1 aromatic carbocycles. The summed E-state index contributed by atoms with van der Waals surface area (Å²) in [5.74, 6) is 2.85. The van der Waals surface area contributed by atoms with Gasteiger partial charge >= 0.3 is 0 Å². The fourth-order valence-corrected chi connectivity index (χ4v) is 3.62. The summed E-state index contributed by atoms with van der Waals surface area (Å²) in [7, 11) is 1.98. The molecular weight excluding hydrogens is 402 g/mol. The van der Waals surface area contributed by atoms with Crippen LogP contribution >= 0.6 is 11.6 Å². The number of nitrogens with zero attached hydrogens (tertiary/aromatic N) is 7. The largest absolute Gasteiger partial charge is 0.454 e. The molecule has 152 valence electrons. The monoisotopic (exact) mass is 421 g/mol. The molecule has 0 atom stereocenters. The van der Waals surface area contributed by atoms with Crippen molar-refractivity contribution in [2.75, 3.05) is 18.2 Å². The predicted molar refractivity (Wildman–Crippen MR) is 116 cm³/mol. The van der Waals surface area contributed by atoms with Gasteiger partial charge in [0, 0.05) is 41.6 Å². The highest BCUT2D eigenvalue weighted by molar-refractivity contribution is 6.31. The van der Waals surface area contributed by atoms with Crippen LogP contribution in [-0.4, -0.2) is 50.8 Å². The number of aromatic nitrogens is 4. The Morgan fingerprint density at radius 1 is 1.13 bits per heavy atom. The molecule has 1 fully saturated rings. The molecule has 0 unspecified atom stereocenters. The summed E-state index contributed by atoms with van der Waals surface area (Å²) in [5, 5.41) is 9.53. The Bertz CT molecular complexity index is 1120. The Hall–Kier alpha value is -3.26. The minimum atomic E-state index is 0.236. The van der Waals surface area contributed by atoms with E-state index in [9.17, 15) is 0 Å². The number of halogens is 1. The smallest absolute Gasteiger partial charge is 0.227 e. The maximum atomic E-state index is 6.11. The lowest BCUT2D eigenvalue weighted by Crippen LogP contribution is -2.35. The normalized spacial score (nSPS) is 15.9. The number of rotatable bonds is 6. The standard InChI is InChI=1S/C21H20ClN7O/c1-28-19(14-7-9-23-10-8-14)26-27-21(28)29(17-5-6-17)12-18-24-13-30-20(25-18)15-3-2-4-16(22)11-15/h2-4,7-11,17H,5-6,12-13H2,1H3. The van der Waals surface area contributed by atoms with Gasteiger partial charge in [0.2, 0.25) is 11.8 Å².